The van der Waals surface area contributed by atoms with Gasteiger partial charge in [0.1, 0.15) is 17.7 Å². The van der Waals surface area contributed by atoms with E-state index in [9.17, 15) is 23.2 Å². The van der Waals surface area contributed by atoms with E-state index in [0.717, 1.165) is 25.0 Å². The van der Waals surface area contributed by atoms with E-state index in [0.29, 0.717) is 12.5 Å². The lowest BCUT2D eigenvalue weighted by molar-refractivity contribution is -0.150. The predicted molar refractivity (Wildman–Crippen MR) is 84.9 cm³/mol. The zero-order chi connectivity index (χ0) is 18.6. The fourth-order valence-corrected chi connectivity index (χ4v) is 2.55. The number of carboxylic acid groups (broad SMARTS) is 1. The van der Waals surface area contributed by atoms with E-state index < -0.39 is 29.6 Å². The average Bonchev–Trinajstić information content (AvgIpc) is 3.36. The monoisotopic (exact) mass is 354 g/mol. The van der Waals surface area contributed by atoms with Crippen molar-refractivity contribution in [2.45, 2.75) is 44.7 Å². The van der Waals surface area contributed by atoms with Crippen molar-refractivity contribution in [3.05, 3.63) is 35.4 Å². The van der Waals surface area contributed by atoms with Crippen LogP contribution in [0.1, 0.15) is 43.0 Å². The van der Waals surface area contributed by atoms with Crippen LogP contribution in [0, 0.1) is 11.6 Å². The molecule has 1 saturated carbocycles. The summed E-state index contributed by atoms with van der Waals surface area (Å²) in [7, 11) is 0. The van der Waals surface area contributed by atoms with E-state index in [2.05, 4.69) is 5.32 Å². The largest absolute Gasteiger partial charge is 0.480 e. The maximum atomic E-state index is 13.5. The summed E-state index contributed by atoms with van der Waals surface area (Å²) in [4.78, 5) is 36.5. The summed E-state index contributed by atoms with van der Waals surface area (Å²) in [5.41, 5.74) is -0.271. The smallest absolute Gasteiger partial charge is 0.326 e. The highest BCUT2D eigenvalue weighted by molar-refractivity contribution is 5.94. The Morgan fingerprint density at radius 2 is 2.00 bits per heavy atom. The summed E-state index contributed by atoms with van der Waals surface area (Å²) >= 11 is 0. The Morgan fingerprint density at radius 1 is 1.32 bits per heavy atom. The summed E-state index contributed by atoms with van der Waals surface area (Å²) in [6.07, 6.45) is 1.97. The Balaban J connectivity index is 1.80. The fourth-order valence-electron chi connectivity index (χ4n) is 2.55. The highest BCUT2D eigenvalue weighted by Crippen LogP contribution is 2.29. The van der Waals surface area contributed by atoms with Crippen molar-refractivity contribution in [1.29, 1.82) is 0 Å². The number of halogens is 2. The SMILES string of the molecule is CC(C(=O)O)N(C(=O)CCCNC(=O)c1ccc(F)cc1F)C1CC1. The van der Waals surface area contributed by atoms with E-state index in [1.807, 2.05) is 0 Å². The molecule has 2 amide bonds. The number of aliphatic carboxylic acids is 1. The minimum atomic E-state index is -1.06. The van der Waals surface area contributed by atoms with Gasteiger partial charge < -0.3 is 15.3 Å². The molecule has 0 saturated heterocycles. The Kier molecular flexibility index (Phi) is 6.06. The first-order chi connectivity index (χ1) is 11.8. The van der Waals surface area contributed by atoms with Crippen LogP contribution in [0.2, 0.25) is 0 Å². The van der Waals surface area contributed by atoms with Gasteiger partial charge in [-0.3, -0.25) is 9.59 Å². The van der Waals surface area contributed by atoms with Crippen LogP contribution in [0.3, 0.4) is 0 Å². The minimum absolute atomic E-state index is 0.0264. The molecule has 8 heteroatoms. The summed E-state index contributed by atoms with van der Waals surface area (Å²) in [6, 6.07) is 1.75. The average molecular weight is 354 g/mol. The van der Waals surface area contributed by atoms with Crippen molar-refractivity contribution in [1.82, 2.24) is 10.2 Å². The number of amides is 2. The Morgan fingerprint density at radius 3 is 2.56 bits per heavy atom. The minimum Gasteiger partial charge on any atom is -0.480 e. The van der Waals surface area contributed by atoms with Gasteiger partial charge in [0.25, 0.3) is 5.91 Å². The molecule has 0 aromatic heterocycles. The van der Waals surface area contributed by atoms with Crippen molar-refractivity contribution in [3.8, 4) is 0 Å². The van der Waals surface area contributed by atoms with Crippen LogP contribution in [0.4, 0.5) is 8.78 Å². The third-order valence-electron chi connectivity index (χ3n) is 4.03. The van der Waals surface area contributed by atoms with Gasteiger partial charge in [-0.15, -0.1) is 0 Å². The number of rotatable bonds is 8. The molecule has 1 aliphatic rings. The Bertz CT molecular complexity index is 677. The molecule has 6 nitrogen and oxygen atoms in total. The van der Waals surface area contributed by atoms with Gasteiger partial charge in [0, 0.05) is 25.1 Å². The molecule has 1 aliphatic carbocycles. The van der Waals surface area contributed by atoms with Gasteiger partial charge in [-0.05, 0) is 38.3 Å². The van der Waals surface area contributed by atoms with Gasteiger partial charge in [-0.25, -0.2) is 13.6 Å². The first-order valence-electron chi connectivity index (χ1n) is 8.08. The van der Waals surface area contributed by atoms with E-state index in [4.69, 9.17) is 5.11 Å². The third kappa shape index (κ3) is 4.98. The molecule has 0 bridgehead atoms. The van der Waals surface area contributed by atoms with Crippen molar-refractivity contribution < 1.29 is 28.3 Å². The van der Waals surface area contributed by atoms with E-state index in [1.54, 1.807) is 0 Å². The van der Waals surface area contributed by atoms with Gasteiger partial charge in [-0.1, -0.05) is 0 Å². The second kappa shape index (κ2) is 8.04. The molecule has 25 heavy (non-hydrogen) atoms. The Labute approximate surface area is 143 Å². The summed E-state index contributed by atoms with van der Waals surface area (Å²) in [6.45, 7) is 1.60. The van der Waals surface area contributed by atoms with Crippen molar-refractivity contribution in [3.63, 3.8) is 0 Å². The van der Waals surface area contributed by atoms with Crippen LogP contribution in [-0.2, 0) is 9.59 Å². The number of carboxylic acids is 1. The first kappa shape index (κ1) is 18.8. The lowest BCUT2D eigenvalue weighted by Gasteiger charge is -2.26. The van der Waals surface area contributed by atoms with Crippen LogP contribution in [-0.4, -0.2) is 46.4 Å². The van der Waals surface area contributed by atoms with Crippen LogP contribution in [0.25, 0.3) is 0 Å². The van der Waals surface area contributed by atoms with Crippen molar-refractivity contribution >= 4 is 17.8 Å². The second-order valence-corrected chi connectivity index (χ2v) is 6.03. The maximum absolute atomic E-state index is 13.5. The molecule has 0 radical (unpaired) electrons. The van der Waals surface area contributed by atoms with E-state index >= 15 is 0 Å². The standard InChI is InChI=1S/C17H20F2N2O4/c1-10(17(24)25)21(12-5-6-12)15(22)3-2-8-20-16(23)13-7-4-11(18)9-14(13)19/h4,7,9-10,12H,2-3,5-6,8H2,1H3,(H,20,23)(H,24,25). The van der Waals surface area contributed by atoms with Gasteiger partial charge >= 0.3 is 5.97 Å². The number of benzene rings is 1. The lowest BCUT2D eigenvalue weighted by Crippen LogP contribution is -2.44. The van der Waals surface area contributed by atoms with Crippen LogP contribution in [0.15, 0.2) is 18.2 Å². The van der Waals surface area contributed by atoms with Crippen LogP contribution >= 0.6 is 0 Å². The summed E-state index contributed by atoms with van der Waals surface area (Å²) < 4.78 is 26.3. The fraction of sp³-hybridized carbons (Fsp3) is 0.471. The molecule has 2 N–H and O–H groups in total. The van der Waals surface area contributed by atoms with Crippen LogP contribution in [0.5, 0.6) is 0 Å². The van der Waals surface area contributed by atoms with Crippen molar-refractivity contribution in [2.75, 3.05) is 6.54 Å². The summed E-state index contributed by atoms with van der Waals surface area (Å²) in [5.74, 6) is -3.75. The third-order valence-corrected chi connectivity index (χ3v) is 4.03. The molecular formula is C17H20F2N2O4. The molecule has 0 spiro atoms. The number of carbonyl (C=O) groups is 3. The molecule has 2 rings (SSSR count). The normalized spacial score (nSPS) is 14.7. The molecule has 0 heterocycles. The predicted octanol–water partition coefficient (Wildman–Crippen LogP) is 1.94. The van der Waals surface area contributed by atoms with Gasteiger partial charge in [0.2, 0.25) is 5.91 Å². The quantitative estimate of drug-likeness (QED) is 0.699. The molecular weight excluding hydrogens is 334 g/mol. The van der Waals surface area contributed by atoms with Gasteiger partial charge in [0.15, 0.2) is 0 Å². The number of hydrogen-bond donors (Lipinski definition) is 2. The number of nitrogens with zero attached hydrogens (tertiary/aromatic N) is 1. The van der Waals surface area contributed by atoms with Gasteiger partial charge in [-0.2, -0.15) is 0 Å². The molecule has 1 unspecified atom stereocenters. The van der Waals surface area contributed by atoms with E-state index in [1.165, 1.54) is 11.8 Å². The second-order valence-electron chi connectivity index (χ2n) is 6.03. The maximum Gasteiger partial charge on any atom is 0.326 e. The van der Waals surface area contributed by atoms with Crippen molar-refractivity contribution in [2.24, 2.45) is 0 Å². The topological polar surface area (TPSA) is 86.7 Å². The number of hydrogen-bond acceptors (Lipinski definition) is 3. The number of carbonyl (C=O) groups excluding carboxylic acids is 2. The molecule has 136 valence electrons. The lowest BCUT2D eigenvalue weighted by atomic mass is 10.2. The molecule has 0 aliphatic heterocycles. The molecule has 1 aromatic carbocycles. The highest BCUT2D eigenvalue weighted by Gasteiger charge is 2.37. The van der Waals surface area contributed by atoms with Crippen LogP contribution < -0.4 is 5.32 Å². The first-order valence-corrected chi connectivity index (χ1v) is 8.08. The zero-order valence-electron chi connectivity index (χ0n) is 13.8. The molecule has 1 fully saturated rings. The molecule has 1 atom stereocenters. The number of nitrogens with one attached hydrogen (secondary N) is 1. The Hall–Kier alpha value is -2.51. The zero-order valence-corrected chi connectivity index (χ0v) is 13.8. The summed E-state index contributed by atoms with van der Waals surface area (Å²) in [5, 5.41) is 11.5. The highest BCUT2D eigenvalue weighted by atomic mass is 19.1. The van der Waals surface area contributed by atoms with Gasteiger partial charge in [0.05, 0.1) is 5.56 Å². The molecule has 1 aromatic rings. The van der Waals surface area contributed by atoms with E-state index in [-0.39, 0.29) is 30.5 Å².